The molecule has 0 unspecified atom stereocenters. The second-order valence-electron chi connectivity index (χ2n) is 12.2. The molecule has 3 nitrogen and oxygen atoms in total. The first-order chi connectivity index (χ1) is 23.8. The minimum atomic E-state index is 0.655. The molecule has 0 aliphatic rings. The molecule has 0 N–H and O–H groups in total. The normalized spacial score (nSPS) is 11.8. The van der Waals surface area contributed by atoms with Crippen molar-refractivity contribution < 1.29 is 0 Å². The van der Waals surface area contributed by atoms with Gasteiger partial charge in [0.1, 0.15) is 0 Å². The van der Waals surface area contributed by atoms with E-state index in [1.165, 1.54) is 52.8 Å². The molecule has 4 heteroatoms. The summed E-state index contributed by atoms with van der Waals surface area (Å²) in [6, 6.07) is 58.2. The highest BCUT2D eigenvalue weighted by molar-refractivity contribution is 7.26. The monoisotopic (exact) mass is 629 g/mol. The predicted octanol–water partition coefficient (Wildman–Crippen LogP) is 12.1. The summed E-state index contributed by atoms with van der Waals surface area (Å²) in [4.78, 5) is 10.7. The van der Waals surface area contributed by atoms with Gasteiger partial charge in [-0.2, -0.15) is 0 Å². The quantitative estimate of drug-likeness (QED) is 0.194. The van der Waals surface area contributed by atoms with Crippen LogP contribution in [0.5, 0.6) is 0 Å². The van der Waals surface area contributed by atoms with Crippen LogP contribution in [0.3, 0.4) is 0 Å². The summed E-state index contributed by atoms with van der Waals surface area (Å²) < 4.78 is 4.91. The SMILES string of the molecule is c1ccc(-c2cc(-c3ccccc3)nc(-n3c4c(-c5cccc6c5sc5ccccc56)cccc4c4ccc5ccccc5c43)n2)cc1. The molecule has 3 aromatic heterocycles. The molecule has 0 atom stereocenters. The zero-order valence-electron chi connectivity index (χ0n) is 25.8. The van der Waals surface area contributed by atoms with Gasteiger partial charge in [-0.25, -0.2) is 9.97 Å². The van der Waals surface area contributed by atoms with Gasteiger partial charge in [0, 0.05) is 58.6 Å². The fourth-order valence-corrected chi connectivity index (χ4v) is 8.48. The Morgan fingerprint density at radius 1 is 0.417 bits per heavy atom. The van der Waals surface area contributed by atoms with Crippen molar-refractivity contribution in [1.82, 2.24) is 14.5 Å². The van der Waals surface area contributed by atoms with E-state index in [2.05, 4.69) is 156 Å². The molecule has 224 valence electrons. The fraction of sp³-hybridized carbons (Fsp3) is 0. The van der Waals surface area contributed by atoms with E-state index < -0.39 is 0 Å². The maximum atomic E-state index is 5.37. The van der Waals surface area contributed by atoms with Crippen molar-refractivity contribution >= 4 is 64.1 Å². The van der Waals surface area contributed by atoms with E-state index in [4.69, 9.17) is 9.97 Å². The Kier molecular flexibility index (Phi) is 6.05. The third-order valence-electron chi connectivity index (χ3n) is 9.42. The molecular formula is C44H27N3S. The Balaban J connectivity index is 1.38. The molecule has 0 saturated carbocycles. The number of benzene rings is 7. The van der Waals surface area contributed by atoms with Crippen LogP contribution >= 0.6 is 11.3 Å². The zero-order valence-corrected chi connectivity index (χ0v) is 26.7. The molecule has 0 aliphatic carbocycles. The van der Waals surface area contributed by atoms with Gasteiger partial charge in [-0.05, 0) is 17.5 Å². The van der Waals surface area contributed by atoms with Crippen LogP contribution in [-0.4, -0.2) is 14.5 Å². The highest BCUT2D eigenvalue weighted by atomic mass is 32.1. The number of rotatable bonds is 4. The standard InChI is InChI=1S/C44H27N3S/c1-3-14-29(15-4-1)38-27-39(30-16-5-2-6-17-30)46-44(45-38)47-41-31-18-8-7-13-28(31)25-26-35(41)33-20-11-21-34(42(33)47)37-23-12-22-36-32-19-9-10-24-40(32)48-43(36)37/h1-27H. The third kappa shape index (κ3) is 4.13. The lowest BCUT2D eigenvalue weighted by Crippen LogP contribution is -2.05. The summed E-state index contributed by atoms with van der Waals surface area (Å²) in [5, 5.41) is 7.30. The molecule has 0 radical (unpaired) electrons. The van der Waals surface area contributed by atoms with Gasteiger partial charge in [0.05, 0.1) is 22.4 Å². The molecule has 10 rings (SSSR count). The van der Waals surface area contributed by atoms with Crippen LogP contribution < -0.4 is 0 Å². The molecule has 0 aliphatic heterocycles. The lowest BCUT2D eigenvalue weighted by atomic mass is 9.99. The van der Waals surface area contributed by atoms with Crippen LogP contribution in [0.2, 0.25) is 0 Å². The largest absolute Gasteiger partial charge is 0.277 e. The number of hydrogen-bond acceptors (Lipinski definition) is 3. The highest BCUT2D eigenvalue weighted by Gasteiger charge is 2.22. The first-order valence-corrected chi connectivity index (χ1v) is 17.0. The maximum absolute atomic E-state index is 5.37. The molecular weight excluding hydrogens is 603 g/mol. The van der Waals surface area contributed by atoms with Gasteiger partial charge in [-0.15, -0.1) is 11.3 Å². The van der Waals surface area contributed by atoms with Gasteiger partial charge < -0.3 is 0 Å². The first-order valence-electron chi connectivity index (χ1n) is 16.2. The van der Waals surface area contributed by atoms with Crippen LogP contribution in [0.1, 0.15) is 0 Å². The lowest BCUT2D eigenvalue weighted by molar-refractivity contribution is 0.998. The molecule has 0 spiro atoms. The van der Waals surface area contributed by atoms with E-state index in [0.717, 1.165) is 33.5 Å². The molecule has 0 amide bonds. The Hall–Kier alpha value is -6.10. The van der Waals surface area contributed by atoms with Gasteiger partial charge in [0.15, 0.2) is 0 Å². The molecule has 48 heavy (non-hydrogen) atoms. The summed E-state index contributed by atoms with van der Waals surface area (Å²) in [5.74, 6) is 0.655. The van der Waals surface area contributed by atoms with Crippen LogP contribution in [0.15, 0.2) is 164 Å². The first kappa shape index (κ1) is 27.1. The van der Waals surface area contributed by atoms with E-state index in [9.17, 15) is 0 Å². The number of nitrogens with zero attached hydrogens (tertiary/aromatic N) is 3. The van der Waals surface area contributed by atoms with Crippen LogP contribution in [0.25, 0.3) is 92.3 Å². The Morgan fingerprint density at radius 2 is 1.00 bits per heavy atom. The van der Waals surface area contributed by atoms with E-state index >= 15 is 0 Å². The smallest absolute Gasteiger partial charge is 0.235 e. The highest BCUT2D eigenvalue weighted by Crippen LogP contribution is 2.45. The van der Waals surface area contributed by atoms with E-state index in [1.807, 2.05) is 23.5 Å². The van der Waals surface area contributed by atoms with Gasteiger partial charge >= 0.3 is 0 Å². The maximum Gasteiger partial charge on any atom is 0.235 e. The predicted molar refractivity (Wildman–Crippen MR) is 203 cm³/mol. The van der Waals surface area contributed by atoms with Crippen molar-refractivity contribution in [2.24, 2.45) is 0 Å². The summed E-state index contributed by atoms with van der Waals surface area (Å²) in [6.07, 6.45) is 0. The summed E-state index contributed by atoms with van der Waals surface area (Å²) >= 11 is 1.86. The van der Waals surface area contributed by atoms with Gasteiger partial charge in [0.25, 0.3) is 0 Å². The van der Waals surface area contributed by atoms with Crippen molar-refractivity contribution in [2.75, 3.05) is 0 Å². The summed E-state index contributed by atoms with van der Waals surface area (Å²) in [5.41, 5.74) is 8.49. The minimum absolute atomic E-state index is 0.655. The van der Waals surface area contributed by atoms with E-state index in [0.29, 0.717) is 5.95 Å². The number of fused-ring (bicyclic) bond motifs is 8. The average molecular weight is 630 g/mol. The average Bonchev–Trinajstić information content (AvgIpc) is 3.72. The molecule has 0 fully saturated rings. The van der Waals surface area contributed by atoms with Crippen molar-refractivity contribution in [3.05, 3.63) is 164 Å². The zero-order chi connectivity index (χ0) is 31.6. The number of para-hydroxylation sites is 1. The second kappa shape index (κ2) is 10.7. The Bertz CT molecular complexity index is 2770. The molecule has 3 heterocycles. The van der Waals surface area contributed by atoms with Crippen molar-refractivity contribution in [1.29, 1.82) is 0 Å². The van der Waals surface area contributed by atoms with E-state index in [-0.39, 0.29) is 0 Å². The topological polar surface area (TPSA) is 30.7 Å². The number of hydrogen-bond donors (Lipinski definition) is 0. The Morgan fingerprint density at radius 3 is 1.75 bits per heavy atom. The van der Waals surface area contributed by atoms with Crippen molar-refractivity contribution in [2.45, 2.75) is 0 Å². The summed E-state index contributed by atoms with van der Waals surface area (Å²) in [7, 11) is 0. The fourth-order valence-electron chi connectivity index (χ4n) is 7.25. The third-order valence-corrected chi connectivity index (χ3v) is 10.6. The molecule has 7 aromatic carbocycles. The van der Waals surface area contributed by atoms with Crippen molar-refractivity contribution in [3.8, 4) is 39.6 Å². The van der Waals surface area contributed by atoms with Crippen LogP contribution in [0.4, 0.5) is 0 Å². The number of aromatic nitrogens is 3. The van der Waals surface area contributed by atoms with Gasteiger partial charge in [0.2, 0.25) is 5.95 Å². The Labute approximate surface area is 281 Å². The van der Waals surface area contributed by atoms with Gasteiger partial charge in [-0.3, -0.25) is 4.57 Å². The molecule has 0 saturated heterocycles. The van der Waals surface area contributed by atoms with Crippen molar-refractivity contribution in [3.63, 3.8) is 0 Å². The minimum Gasteiger partial charge on any atom is -0.277 e. The molecule has 10 aromatic rings. The molecule has 0 bridgehead atoms. The second-order valence-corrected chi connectivity index (χ2v) is 13.2. The van der Waals surface area contributed by atoms with Crippen LogP contribution in [-0.2, 0) is 0 Å². The number of thiophene rings is 1. The lowest BCUT2D eigenvalue weighted by Gasteiger charge is -2.14. The van der Waals surface area contributed by atoms with E-state index in [1.54, 1.807) is 0 Å². The van der Waals surface area contributed by atoms with Crippen LogP contribution in [0, 0.1) is 0 Å². The van der Waals surface area contributed by atoms with Gasteiger partial charge in [-0.1, -0.05) is 152 Å². The summed E-state index contributed by atoms with van der Waals surface area (Å²) in [6.45, 7) is 0.